The van der Waals surface area contributed by atoms with E-state index in [9.17, 15) is 15.0 Å². The summed E-state index contributed by atoms with van der Waals surface area (Å²) in [6.07, 6.45) is 0. The van der Waals surface area contributed by atoms with Crippen molar-refractivity contribution in [2.24, 2.45) is 0 Å². The third kappa shape index (κ3) is 3.21. The van der Waals surface area contributed by atoms with Gasteiger partial charge in [-0.05, 0) is 39.7 Å². The molecule has 0 aliphatic rings. The van der Waals surface area contributed by atoms with E-state index in [0.717, 1.165) is 11.1 Å². The Bertz CT molecular complexity index is 555. The summed E-state index contributed by atoms with van der Waals surface area (Å²) in [5.41, 5.74) is 1.61. The van der Waals surface area contributed by atoms with Crippen LogP contribution in [-0.4, -0.2) is 16.2 Å². The first-order valence-electron chi connectivity index (χ1n) is 6.66. The van der Waals surface area contributed by atoms with E-state index in [2.05, 4.69) is 6.58 Å². The molecule has 110 valence electrons. The summed E-state index contributed by atoms with van der Waals surface area (Å²) in [7, 11) is 0. The molecule has 1 rings (SSSR count). The Morgan fingerprint density at radius 3 is 1.80 bits per heavy atom. The van der Waals surface area contributed by atoms with E-state index in [1.165, 1.54) is 0 Å². The van der Waals surface area contributed by atoms with E-state index in [4.69, 9.17) is 0 Å². The predicted octanol–water partition coefficient (Wildman–Crippen LogP) is 4.09. The van der Waals surface area contributed by atoms with Crippen molar-refractivity contribution in [1.29, 1.82) is 0 Å². The number of hydrogen-bond acceptors (Lipinski definition) is 2. The van der Waals surface area contributed by atoms with E-state index < -0.39 is 5.97 Å². The zero-order valence-corrected chi connectivity index (χ0v) is 13.2. The monoisotopic (exact) mass is 276 g/mol. The van der Waals surface area contributed by atoms with Crippen LogP contribution in [0.5, 0.6) is 5.75 Å². The molecule has 0 aliphatic carbocycles. The number of carboxylic acid groups (broad SMARTS) is 1. The molecule has 0 fully saturated rings. The second-order valence-corrected chi connectivity index (χ2v) is 7.20. The fourth-order valence-corrected chi connectivity index (χ4v) is 2.17. The predicted molar refractivity (Wildman–Crippen MR) is 82.2 cm³/mol. The minimum absolute atomic E-state index is 0.0559. The maximum absolute atomic E-state index is 11.3. The van der Waals surface area contributed by atoms with E-state index in [1.807, 2.05) is 41.5 Å². The topological polar surface area (TPSA) is 57.5 Å². The van der Waals surface area contributed by atoms with Crippen LogP contribution in [-0.2, 0) is 15.6 Å². The molecule has 0 amide bonds. The molecule has 20 heavy (non-hydrogen) atoms. The number of phenolic OH excluding ortho intramolecular Hbond substituents is 1. The molecule has 0 saturated heterocycles. The van der Waals surface area contributed by atoms with Gasteiger partial charge in [0.25, 0.3) is 0 Å². The number of aliphatic carboxylic acids is 1. The number of rotatable bonds is 2. The number of aromatic hydroxyl groups is 1. The lowest BCUT2D eigenvalue weighted by Gasteiger charge is -2.28. The highest BCUT2D eigenvalue weighted by Gasteiger charge is 2.27. The van der Waals surface area contributed by atoms with Crippen molar-refractivity contribution < 1.29 is 15.0 Å². The summed E-state index contributed by atoms with van der Waals surface area (Å²) in [4.78, 5) is 11.3. The van der Waals surface area contributed by atoms with Gasteiger partial charge in [-0.25, -0.2) is 4.79 Å². The Kier molecular flexibility index (Phi) is 4.04. The van der Waals surface area contributed by atoms with E-state index in [1.54, 1.807) is 12.1 Å². The molecule has 0 heterocycles. The van der Waals surface area contributed by atoms with Gasteiger partial charge in [0.05, 0.1) is 5.57 Å². The van der Waals surface area contributed by atoms with Crippen LogP contribution in [0.25, 0.3) is 5.57 Å². The highest BCUT2D eigenvalue weighted by atomic mass is 16.4. The largest absolute Gasteiger partial charge is 0.508 e. The molecule has 0 radical (unpaired) electrons. The average molecular weight is 276 g/mol. The Labute approximate surface area is 121 Å². The molecule has 3 nitrogen and oxygen atoms in total. The van der Waals surface area contributed by atoms with E-state index >= 15 is 0 Å². The Morgan fingerprint density at radius 2 is 1.45 bits per heavy atom. The Morgan fingerprint density at radius 1 is 1.00 bits per heavy atom. The Balaban J connectivity index is 3.68. The van der Waals surface area contributed by atoms with Crippen LogP contribution < -0.4 is 0 Å². The summed E-state index contributed by atoms with van der Waals surface area (Å²) in [6.45, 7) is 15.6. The molecular weight excluding hydrogens is 252 g/mol. The number of carboxylic acids is 1. The van der Waals surface area contributed by atoms with Crippen LogP contribution >= 0.6 is 0 Å². The lowest BCUT2D eigenvalue weighted by Crippen LogP contribution is -2.18. The molecule has 0 aliphatic heterocycles. The number of phenols is 1. The maximum atomic E-state index is 11.3. The normalized spacial score (nSPS) is 12.3. The van der Waals surface area contributed by atoms with Crippen LogP contribution in [0.1, 0.15) is 58.2 Å². The van der Waals surface area contributed by atoms with Gasteiger partial charge in [-0.15, -0.1) is 0 Å². The smallest absolute Gasteiger partial charge is 0.335 e. The molecule has 1 aromatic rings. The van der Waals surface area contributed by atoms with E-state index in [0.29, 0.717) is 5.56 Å². The van der Waals surface area contributed by atoms with Crippen molar-refractivity contribution in [3.05, 3.63) is 35.4 Å². The SMILES string of the molecule is C=C(C(=O)O)c1cc(C(C)(C)C)c(O)cc1C(C)(C)C. The van der Waals surface area contributed by atoms with Gasteiger partial charge < -0.3 is 10.2 Å². The molecule has 0 atom stereocenters. The zero-order chi connectivity index (χ0) is 15.9. The minimum atomic E-state index is -1.04. The zero-order valence-electron chi connectivity index (χ0n) is 13.2. The van der Waals surface area contributed by atoms with Crippen LogP contribution in [0.2, 0.25) is 0 Å². The van der Waals surface area contributed by atoms with Gasteiger partial charge in [-0.3, -0.25) is 0 Å². The first-order valence-corrected chi connectivity index (χ1v) is 6.66. The number of carbonyl (C=O) groups is 1. The minimum Gasteiger partial charge on any atom is -0.508 e. The van der Waals surface area contributed by atoms with Crippen LogP contribution in [0, 0.1) is 0 Å². The molecule has 0 bridgehead atoms. The van der Waals surface area contributed by atoms with Crippen LogP contribution in [0.4, 0.5) is 0 Å². The van der Waals surface area contributed by atoms with Gasteiger partial charge in [-0.2, -0.15) is 0 Å². The standard InChI is InChI=1S/C17H24O3/c1-10(15(19)20)11-8-13(17(5,6)7)14(18)9-12(11)16(2,3)4/h8-9,18H,1H2,2-7H3,(H,19,20). The summed E-state index contributed by atoms with van der Waals surface area (Å²) >= 11 is 0. The van der Waals surface area contributed by atoms with Gasteiger partial charge in [0.15, 0.2) is 0 Å². The summed E-state index contributed by atoms with van der Waals surface area (Å²) < 4.78 is 0. The van der Waals surface area contributed by atoms with Gasteiger partial charge in [-0.1, -0.05) is 48.1 Å². The maximum Gasteiger partial charge on any atom is 0.335 e. The summed E-state index contributed by atoms with van der Waals surface area (Å²) in [6, 6.07) is 3.43. The number of hydrogen-bond donors (Lipinski definition) is 2. The first-order chi connectivity index (χ1) is 8.85. The third-order valence-electron chi connectivity index (χ3n) is 3.34. The van der Waals surface area contributed by atoms with Crippen molar-refractivity contribution in [2.75, 3.05) is 0 Å². The van der Waals surface area contributed by atoms with Gasteiger partial charge in [0, 0.05) is 0 Å². The molecule has 0 spiro atoms. The molecule has 2 N–H and O–H groups in total. The highest BCUT2D eigenvalue weighted by Crippen LogP contribution is 2.39. The highest BCUT2D eigenvalue weighted by molar-refractivity contribution is 6.15. The molecule has 1 aromatic carbocycles. The summed E-state index contributed by atoms with van der Waals surface area (Å²) in [5.74, 6) is -0.842. The average Bonchev–Trinajstić information content (AvgIpc) is 2.24. The first kappa shape index (κ1) is 16.3. The number of benzene rings is 1. The van der Waals surface area contributed by atoms with Crippen LogP contribution in [0.3, 0.4) is 0 Å². The van der Waals surface area contributed by atoms with Crippen molar-refractivity contribution in [3.63, 3.8) is 0 Å². The third-order valence-corrected chi connectivity index (χ3v) is 3.34. The molecule has 0 aromatic heterocycles. The van der Waals surface area contributed by atoms with Crippen molar-refractivity contribution in [3.8, 4) is 5.75 Å². The van der Waals surface area contributed by atoms with Gasteiger partial charge in [0.1, 0.15) is 5.75 Å². The van der Waals surface area contributed by atoms with E-state index in [-0.39, 0.29) is 22.2 Å². The second-order valence-electron chi connectivity index (χ2n) is 7.20. The van der Waals surface area contributed by atoms with Gasteiger partial charge in [0.2, 0.25) is 0 Å². The fourth-order valence-electron chi connectivity index (χ4n) is 2.17. The molecule has 3 heteroatoms. The van der Waals surface area contributed by atoms with Crippen molar-refractivity contribution in [1.82, 2.24) is 0 Å². The molecule has 0 unspecified atom stereocenters. The second kappa shape index (κ2) is 4.97. The van der Waals surface area contributed by atoms with Crippen LogP contribution in [0.15, 0.2) is 18.7 Å². The molecule has 0 saturated carbocycles. The molecular formula is C17H24O3. The Hall–Kier alpha value is -1.77. The summed E-state index contributed by atoms with van der Waals surface area (Å²) in [5, 5.41) is 19.5. The van der Waals surface area contributed by atoms with Crippen molar-refractivity contribution >= 4 is 11.5 Å². The quantitative estimate of drug-likeness (QED) is 0.800. The lowest BCUT2D eigenvalue weighted by molar-refractivity contribution is -0.130. The van der Waals surface area contributed by atoms with Crippen molar-refractivity contribution in [2.45, 2.75) is 52.4 Å². The fraction of sp³-hybridized carbons (Fsp3) is 0.471. The lowest BCUT2D eigenvalue weighted by atomic mass is 9.77. The van der Waals surface area contributed by atoms with Gasteiger partial charge >= 0.3 is 5.97 Å².